The van der Waals surface area contributed by atoms with Crippen LogP contribution in [0.5, 0.6) is 0 Å². The van der Waals surface area contributed by atoms with Crippen LogP contribution in [-0.4, -0.2) is 24.7 Å². The van der Waals surface area contributed by atoms with Crippen molar-refractivity contribution in [1.29, 1.82) is 0 Å². The van der Waals surface area contributed by atoms with E-state index in [1.807, 2.05) is 18.5 Å². The van der Waals surface area contributed by atoms with E-state index in [0.717, 1.165) is 30.0 Å². The number of anilines is 2. The molecule has 2 aromatic heterocycles. The molecular formula is C12H19N7. The van der Waals surface area contributed by atoms with E-state index in [-0.39, 0.29) is 6.04 Å². The van der Waals surface area contributed by atoms with Crippen molar-refractivity contribution in [1.82, 2.24) is 24.7 Å². The maximum atomic E-state index is 5.91. The molecule has 0 aliphatic carbocycles. The Hall–Kier alpha value is -2.18. The normalized spacial score (nSPS) is 12.4. The van der Waals surface area contributed by atoms with Gasteiger partial charge in [0.1, 0.15) is 24.3 Å². The Bertz CT molecular complexity index is 549. The van der Waals surface area contributed by atoms with Crippen LogP contribution in [0.25, 0.3) is 0 Å². The molecule has 0 saturated heterocycles. The van der Waals surface area contributed by atoms with Crippen molar-refractivity contribution in [2.45, 2.75) is 32.7 Å². The summed E-state index contributed by atoms with van der Waals surface area (Å²) >= 11 is 0. The van der Waals surface area contributed by atoms with Crippen LogP contribution in [0.4, 0.5) is 11.6 Å². The van der Waals surface area contributed by atoms with E-state index in [4.69, 9.17) is 5.73 Å². The highest BCUT2D eigenvalue weighted by Gasteiger charge is 2.15. The first kappa shape index (κ1) is 13.3. The molecule has 0 amide bonds. The predicted octanol–water partition coefficient (Wildman–Crippen LogP) is 1.31. The molecule has 0 fully saturated rings. The van der Waals surface area contributed by atoms with Gasteiger partial charge in [0.25, 0.3) is 0 Å². The van der Waals surface area contributed by atoms with Gasteiger partial charge in [0.15, 0.2) is 5.82 Å². The Labute approximate surface area is 112 Å². The lowest BCUT2D eigenvalue weighted by Gasteiger charge is -2.16. The third-order valence-corrected chi connectivity index (χ3v) is 2.97. The number of hydrogen-bond donors (Lipinski definition) is 2. The maximum absolute atomic E-state index is 5.91. The summed E-state index contributed by atoms with van der Waals surface area (Å²) in [6.45, 7) is 4.11. The third kappa shape index (κ3) is 2.81. The van der Waals surface area contributed by atoms with E-state index in [1.54, 1.807) is 6.33 Å². The van der Waals surface area contributed by atoms with Crippen molar-refractivity contribution in [3.8, 4) is 0 Å². The summed E-state index contributed by atoms with van der Waals surface area (Å²) in [6.07, 6.45) is 4.99. The van der Waals surface area contributed by atoms with E-state index >= 15 is 0 Å². The molecule has 0 bridgehead atoms. The van der Waals surface area contributed by atoms with Crippen molar-refractivity contribution >= 4 is 11.6 Å². The van der Waals surface area contributed by atoms with Crippen LogP contribution in [0.2, 0.25) is 0 Å². The van der Waals surface area contributed by atoms with Gasteiger partial charge in [-0.1, -0.05) is 13.3 Å². The number of nitrogen functional groups attached to an aromatic ring is 1. The quantitative estimate of drug-likeness (QED) is 0.842. The van der Waals surface area contributed by atoms with Crippen molar-refractivity contribution in [3.05, 3.63) is 24.0 Å². The topological polar surface area (TPSA) is 94.5 Å². The summed E-state index contributed by atoms with van der Waals surface area (Å²) in [5.74, 6) is 2.15. The minimum atomic E-state index is -0.00240. The van der Waals surface area contributed by atoms with Crippen LogP contribution in [0.1, 0.15) is 37.7 Å². The van der Waals surface area contributed by atoms with E-state index in [1.165, 1.54) is 6.33 Å². The Morgan fingerprint density at radius 1 is 1.42 bits per heavy atom. The fourth-order valence-corrected chi connectivity index (χ4v) is 2.00. The zero-order chi connectivity index (χ0) is 13.8. The molecule has 102 valence electrons. The predicted molar refractivity (Wildman–Crippen MR) is 73.5 cm³/mol. The lowest BCUT2D eigenvalue weighted by molar-refractivity contribution is 0.713. The summed E-state index contributed by atoms with van der Waals surface area (Å²) in [7, 11) is 1.91. The zero-order valence-corrected chi connectivity index (χ0v) is 11.5. The maximum Gasteiger partial charge on any atom is 0.154 e. The van der Waals surface area contributed by atoms with Crippen LogP contribution in [0.3, 0.4) is 0 Å². The molecule has 0 aromatic carbocycles. The number of aromatic nitrogens is 5. The van der Waals surface area contributed by atoms with E-state index in [0.29, 0.717) is 5.82 Å². The molecule has 1 atom stereocenters. The molecule has 1 unspecified atom stereocenters. The molecule has 0 spiro atoms. The number of nitrogens with one attached hydrogen (secondary N) is 1. The van der Waals surface area contributed by atoms with Crippen LogP contribution in [0.15, 0.2) is 12.7 Å². The standard InChI is InChI=1S/C12H19N7/c1-4-5-9-10(13)14-6-15-11(9)17-8(2)12-18-16-7-19(12)3/h6-8H,4-5H2,1-3H3,(H3,13,14,15,17). The van der Waals surface area contributed by atoms with Crippen molar-refractivity contribution in [2.75, 3.05) is 11.1 Å². The molecule has 7 heteroatoms. The lowest BCUT2D eigenvalue weighted by Crippen LogP contribution is -2.15. The SMILES string of the molecule is CCCc1c(N)ncnc1NC(C)c1nncn1C. The van der Waals surface area contributed by atoms with Gasteiger partial charge in [-0.3, -0.25) is 0 Å². The van der Waals surface area contributed by atoms with Gasteiger partial charge in [-0.2, -0.15) is 0 Å². The van der Waals surface area contributed by atoms with Gasteiger partial charge in [-0.05, 0) is 13.3 Å². The second-order valence-electron chi connectivity index (χ2n) is 4.50. The Morgan fingerprint density at radius 3 is 2.84 bits per heavy atom. The summed E-state index contributed by atoms with van der Waals surface area (Å²) < 4.78 is 1.88. The Morgan fingerprint density at radius 2 is 2.21 bits per heavy atom. The Kier molecular flexibility index (Phi) is 3.94. The summed E-state index contributed by atoms with van der Waals surface area (Å²) in [6, 6.07) is -0.00240. The highest BCUT2D eigenvalue weighted by molar-refractivity contribution is 5.55. The number of aryl methyl sites for hydroxylation is 1. The summed E-state index contributed by atoms with van der Waals surface area (Å²) in [5.41, 5.74) is 6.86. The summed E-state index contributed by atoms with van der Waals surface area (Å²) in [4.78, 5) is 8.32. The lowest BCUT2D eigenvalue weighted by atomic mass is 10.1. The number of hydrogen-bond acceptors (Lipinski definition) is 6. The number of nitrogens with two attached hydrogens (primary N) is 1. The van der Waals surface area contributed by atoms with E-state index in [2.05, 4.69) is 32.4 Å². The van der Waals surface area contributed by atoms with Gasteiger partial charge in [0.05, 0.1) is 6.04 Å². The smallest absolute Gasteiger partial charge is 0.154 e. The molecule has 3 N–H and O–H groups in total. The monoisotopic (exact) mass is 261 g/mol. The van der Waals surface area contributed by atoms with Crippen LogP contribution in [0, 0.1) is 0 Å². The average Bonchev–Trinajstić information content (AvgIpc) is 2.80. The molecular weight excluding hydrogens is 242 g/mol. The molecule has 0 saturated carbocycles. The highest BCUT2D eigenvalue weighted by atomic mass is 15.3. The van der Waals surface area contributed by atoms with Gasteiger partial charge in [0, 0.05) is 12.6 Å². The first-order valence-electron chi connectivity index (χ1n) is 6.33. The third-order valence-electron chi connectivity index (χ3n) is 2.97. The molecule has 2 rings (SSSR count). The molecule has 0 radical (unpaired) electrons. The Balaban J connectivity index is 2.24. The molecule has 0 aliphatic heterocycles. The van der Waals surface area contributed by atoms with Gasteiger partial charge < -0.3 is 15.6 Å². The molecule has 19 heavy (non-hydrogen) atoms. The molecule has 2 aromatic rings. The van der Waals surface area contributed by atoms with Crippen LogP contribution < -0.4 is 11.1 Å². The second kappa shape index (κ2) is 5.64. The van der Waals surface area contributed by atoms with Crippen LogP contribution >= 0.6 is 0 Å². The fourth-order valence-electron chi connectivity index (χ4n) is 2.00. The second-order valence-corrected chi connectivity index (χ2v) is 4.50. The van der Waals surface area contributed by atoms with Crippen molar-refractivity contribution in [3.63, 3.8) is 0 Å². The molecule has 7 nitrogen and oxygen atoms in total. The minimum absolute atomic E-state index is 0.00240. The first-order valence-corrected chi connectivity index (χ1v) is 6.33. The summed E-state index contributed by atoms with van der Waals surface area (Å²) in [5, 5.41) is 11.3. The average molecular weight is 261 g/mol. The first-order chi connectivity index (χ1) is 9.13. The zero-order valence-electron chi connectivity index (χ0n) is 11.5. The van der Waals surface area contributed by atoms with Gasteiger partial charge >= 0.3 is 0 Å². The van der Waals surface area contributed by atoms with Gasteiger partial charge in [-0.15, -0.1) is 10.2 Å². The van der Waals surface area contributed by atoms with E-state index < -0.39 is 0 Å². The number of rotatable bonds is 5. The number of nitrogens with zero attached hydrogens (tertiary/aromatic N) is 5. The molecule has 0 aliphatic rings. The van der Waals surface area contributed by atoms with Crippen molar-refractivity contribution in [2.24, 2.45) is 7.05 Å². The molecule has 2 heterocycles. The van der Waals surface area contributed by atoms with Gasteiger partial charge in [0.2, 0.25) is 0 Å². The van der Waals surface area contributed by atoms with E-state index in [9.17, 15) is 0 Å². The van der Waals surface area contributed by atoms with Crippen molar-refractivity contribution < 1.29 is 0 Å². The van der Waals surface area contributed by atoms with Gasteiger partial charge in [-0.25, -0.2) is 9.97 Å². The van der Waals surface area contributed by atoms with Crippen LogP contribution in [-0.2, 0) is 13.5 Å². The minimum Gasteiger partial charge on any atom is -0.383 e. The largest absolute Gasteiger partial charge is 0.383 e. The fraction of sp³-hybridized carbons (Fsp3) is 0.500. The highest BCUT2D eigenvalue weighted by Crippen LogP contribution is 2.23.